The minimum absolute atomic E-state index is 0.0241. The molecule has 31 heavy (non-hydrogen) atoms. The predicted molar refractivity (Wildman–Crippen MR) is 98.9 cm³/mol. The van der Waals surface area contributed by atoms with E-state index in [1.165, 1.54) is 16.6 Å². The molecule has 162 valence electrons. The first-order chi connectivity index (χ1) is 14.5. The molecular formula is C19H12ClF6N5. The van der Waals surface area contributed by atoms with Crippen molar-refractivity contribution in [3.8, 4) is 0 Å². The zero-order valence-electron chi connectivity index (χ0n) is 15.4. The van der Waals surface area contributed by atoms with Crippen molar-refractivity contribution in [2.75, 3.05) is 0 Å². The van der Waals surface area contributed by atoms with Crippen molar-refractivity contribution in [2.24, 2.45) is 0 Å². The summed E-state index contributed by atoms with van der Waals surface area (Å²) in [5, 5.41) is 4.38. The highest BCUT2D eigenvalue weighted by Crippen LogP contribution is 2.56. The van der Waals surface area contributed by atoms with Crippen LogP contribution in [-0.2, 0) is 12.7 Å². The van der Waals surface area contributed by atoms with E-state index >= 15 is 0 Å². The number of fused-ring (bicyclic) bond motifs is 2. The number of hydrogen-bond donors (Lipinski definition) is 0. The van der Waals surface area contributed by atoms with Crippen molar-refractivity contribution < 1.29 is 26.3 Å². The van der Waals surface area contributed by atoms with Crippen LogP contribution in [0.4, 0.5) is 26.3 Å². The van der Waals surface area contributed by atoms with Gasteiger partial charge in [0.15, 0.2) is 5.65 Å². The summed E-state index contributed by atoms with van der Waals surface area (Å²) in [6.07, 6.45) is -5.96. The summed E-state index contributed by atoms with van der Waals surface area (Å²) >= 11 is 6.07. The molecule has 0 N–H and O–H groups in total. The largest absolute Gasteiger partial charge is 0.449 e. The molecule has 4 aromatic rings. The van der Waals surface area contributed by atoms with Crippen molar-refractivity contribution in [2.45, 2.75) is 37.2 Å². The fraction of sp³-hybridized carbons (Fsp3) is 0.316. The molecule has 1 saturated carbocycles. The van der Waals surface area contributed by atoms with E-state index in [1.807, 2.05) is 0 Å². The third-order valence-electron chi connectivity index (χ3n) is 5.34. The van der Waals surface area contributed by atoms with Crippen LogP contribution in [0.15, 0.2) is 36.7 Å². The molecule has 1 unspecified atom stereocenters. The van der Waals surface area contributed by atoms with E-state index in [4.69, 9.17) is 11.6 Å². The van der Waals surface area contributed by atoms with Gasteiger partial charge < -0.3 is 4.57 Å². The van der Waals surface area contributed by atoms with E-state index in [0.717, 1.165) is 5.56 Å². The van der Waals surface area contributed by atoms with Crippen molar-refractivity contribution in [1.29, 1.82) is 0 Å². The molecule has 0 radical (unpaired) electrons. The fourth-order valence-corrected chi connectivity index (χ4v) is 4.21. The van der Waals surface area contributed by atoms with Gasteiger partial charge in [-0.15, -0.1) is 0 Å². The van der Waals surface area contributed by atoms with Gasteiger partial charge in [0, 0.05) is 18.0 Å². The van der Waals surface area contributed by atoms with Crippen LogP contribution in [0.3, 0.4) is 0 Å². The summed E-state index contributed by atoms with van der Waals surface area (Å²) < 4.78 is 80.5. The Balaban J connectivity index is 1.56. The first-order valence-corrected chi connectivity index (χ1v) is 9.53. The second-order valence-corrected chi connectivity index (χ2v) is 7.84. The average molecular weight is 460 g/mol. The van der Waals surface area contributed by atoms with E-state index in [0.29, 0.717) is 17.6 Å². The molecule has 2 atom stereocenters. The molecule has 5 rings (SSSR count). The molecule has 12 heteroatoms. The van der Waals surface area contributed by atoms with Gasteiger partial charge in [-0.3, -0.25) is 0 Å². The van der Waals surface area contributed by atoms with Gasteiger partial charge in [-0.2, -0.15) is 31.4 Å². The lowest BCUT2D eigenvalue weighted by molar-refractivity contribution is -0.160. The van der Waals surface area contributed by atoms with Gasteiger partial charge in [0.05, 0.1) is 11.0 Å². The monoisotopic (exact) mass is 459 g/mol. The Labute approximate surface area is 175 Å². The lowest BCUT2D eigenvalue weighted by Gasteiger charge is -2.13. The molecule has 0 spiro atoms. The van der Waals surface area contributed by atoms with Gasteiger partial charge in [0.2, 0.25) is 5.82 Å². The third kappa shape index (κ3) is 3.60. The van der Waals surface area contributed by atoms with Gasteiger partial charge >= 0.3 is 12.4 Å². The molecule has 1 aromatic carbocycles. The maximum Gasteiger partial charge on any atom is 0.449 e. The number of benzene rings is 1. The lowest BCUT2D eigenvalue weighted by Crippen LogP contribution is -2.23. The Morgan fingerprint density at radius 2 is 1.84 bits per heavy atom. The molecule has 0 bridgehead atoms. The summed E-state index contributed by atoms with van der Waals surface area (Å²) in [5.41, 5.74) is 1.73. The number of imidazole rings is 2. The maximum absolute atomic E-state index is 13.3. The normalized spacial score (nSPS) is 19.5. The first kappa shape index (κ1) is 20.1. The smallest absolute Gasteiger partial charge is 0.311 e. The molecule has 1 fully saturated rings. The van der Waals surface area contributed by atoms with Crippen LogP contribution in [0.1, 0.15) is 35.2 Å². The number of alkyl halides is 6. The zero-order valence-corrected chi connectivity index (χ0v) is 16.2. The molecule has 5 nitrogen and oxygen atoms in total. The van der Waals surface area contributed by atoms with Crippen molar-refractivity contribution in [3.63, 3.8) is 0 Å². The Morgan fingerprint density at radius 1 is 1.06 bits per heavy atom. The van der Waals surface area contributed by atoms with Crippen molar-refractivity contribution in [1.82, 2.24) is 24.1 Å². The molecule has 1 aliphatic rings. The minimum Gasteiger partial charge on any atom is -0.311 e. The Morgan fingerprint density at radius 3 is 2.55 bits per heavy atom. The molecule has 1 aliphatic carbocycles. The van der Waals surface area contributed by atoms with Crippen LogP contribution in [0.25, 0.3) is 16.7 Å². The van der Waals surface area contributed by atoms with Crippen molar-refractivity contribution in [3.05, 3.63) is 58.8 Å². The van der Waals surface area contributed by atoms with Gasteiger partial charge in [0.25, 0.3) is 0 Å². The molecule has 3 heterocycles. The highest BCUT2D eigenvalue weighted by molar-refractivity contribution is 6.29. The quantitative estimate of drug-likeness (QED) is 0.376. The molecule has 0 saturated heterocycles. The standard InChI is InChI=1S/C19H12ClF6N5/c20-15-7-12(16-27-3-4-31(16)29-15)11-6-10(11)9-1-2-13-14(5-9)30(8-18(21,22)23)17(28-13)19(24,25)26/h1-5,7,10-11H,6,8H2/t10-,11?/m1/s1. The number of halogens is 7. The summed E-state index contributed by atoms with van der Waals surface area (Å²) in [4.78, 5) is 7.67. The van der Waals surface area contributed by atoms with E-state index in [9.17, 15) is 26.3 Å². The topological polar surface area (TPSA) is 48.0 Å². The summed E-state index contributed by atoms with van der Waals surface area (Å²) in [6, 6.07) is 5.97. The van der Waals surface area contributed by atoms with Crippen LogP contribution >= 0.6 is 11.6 Å². The molecule has 3 aromatic heterocycles. The highest BCUT2D eigenvalue weighted by atomic mass is 35.5. The van der Waals surface area contributed by atoms with Gasteiger partial charge in [-0.05, 0) is 42.0 Å². The summed E-state index contributed by atoms with van der Waals surface area (Å²) in [7, 11) is 0. The SMILES string of the molecule is FC(F)(F)Cn1c(C(F)(F)F)nc2ccc([C@H]3CC3c3cc(Cl)nn4ccnc34)cc21. The van der Waals surface area contributed by atoms with Gasteiger partial charge in [0.1, 0.15) is 11.7 Å². The number of nitrogens with zero attached hydrogens (tertiary/aromatic N) is 5. The zero-order chi connectivity index (χ0) is 22.1. The Bertz CT molecular complexity index is 1310. The summed E-state index contributed by atoms with van der Waals surface area (Å²) in [6.45, 7) is -1.77. The fourth-order valence-electron chi connectivity index (χ4n) is 4.02. The van der Waals surface area contributed by atoms with E-state index in [1.54, 1.807) is 24.5 Å². The second-order valence-electron chi connectivity index (χ2n) is 7.45. The number of hydrogen-bond acceptors (Lipinski definition) is 3. The lowest BCUT2D eigenvalue weighted by atomic mass is 10.0. The van der Waals surface area contributed by atoms with E-state index in [2.05, 4.69) is 15.1 Å². The molecule has 0 aliphatic heterocycles. The van der Waals surface area contributed by atoms with Crippen LogP contribution in [-0.4, -0.2) is 30.3 Å². The van der Waals surface area contributed by atoms with Gasteiger partial charge in [-0.1, -0.05) is 17.7 Å². The van der Waals surface area contributed by atoms with Crippen LogP contribution in [0.5, 0.6) is 0 Å². The van der Waals surface area contributed by atoms with Crippen molar-refractivity contribution >= 4 is 28.3 Å². The number of aromatic nitrogens is 5. The number of rotatable bonds is 3. The van der Waals surface area contributed by atoms with Crippen LogP contribution < -0.4 is 0 Å². The summed E-state index contributed by atoms with van der Waals surface area (Å²) in [5.74, 6) is -1.68. The second kappa shape index (κ2) is 6.59. The van der Waals surface area contributed by atoms with Crippen LogP contribution in [0, 0.1) is 0 Å². The van der Waals surface area contributed by atoms with E-state index < -0.39 is 24.7 Å². The average Bonchev–Trinajstić information content (AvgIpc) is 3.17. The molecular weight excluding hydrogens is 448 g/mol. The first-order valence-electron chi connectivity index (χ1n) is 9.15. The van der Waals surface area contributed by atoms with E-state index in [-0.39, 0.29) is 32.6 Å². The predicted octanol–water partition coefficient (Wildman–Crippen LogP) is 5.58. The maximum atomic E-state index is 13.3. The molecule has 0 amide bonds. The van der Waals surface area contributed by atoms with Crippen LogP contribution in [0.2, 0.25) is 5.15 Å². The Hall–Kier alpha value is -2.82. The third-order valence-corrected chi connectivity index (χ3v) is 5.52. The van der Waals surface area contributed by atoms with Gasteiger partial charge in [-0.25, -0.2) is 14.5 Å². The highest BCUT2D eigenvalue weighted by Gasteiger charge is 2.43. The Kier molecular flexibility index (Phi) is 4.27. The minimum atomic E-state index is -5.01.